The molecule has 0 radical (unpaired) electrons. The highest BCUT2D eigenvalue weighted by atomic mass is 16.6. The van der Waals surface area contributed by atoms with Crippen LogP contribution in [0.25, 0.3) is 0 Å². The van der Waals surface area contributed by atoms with Crippen molar-refractivity contribution in [3.8, 4) is 0 Å². The van der Waals surface area contributed by atoms with Gasteiger partial charge in [-0.2, -0.15) is 0 Å². The van der Waals surface area contributed by atoms with Crippen molar-refractivity contribution in [2.45, 2.75) is 105 Å². The molecule has 1 saturated heterocycles. The maximum Gasteiger partial charge on any atom is 0.313 e. The molecule has 0 amide bonds. The van der Waals surface area contributed by atoms with Crippen LogP contribution in [-0.4, -0.2) is 12.1 Å². The average molecular weight is 461 g/mol. The lowest BCUT2D eigenvalue weighted by Gasteiger charge is -2.41. The summed E-state index contributed by atoms with van der Waals surface area (Å²) in [6.45, 7) is 11.6. The van der Waals surface area contributed by atoms with Crippen molar-refractivity contribution in [3.05, 3.63) is 58.2 Å². The Morgan fingerprint density at radius 1 is 0.941 bits per heavy atom. The molecule has 1 spiro atoms. The smallest absolute Gasteiger partial charge is 0.313 e. The molecule has 1 heterocycles. The minimum absolute atomic E-state index is 0.0723. The molecule has 2 bridgehead atoms. The van der Waals surface area contributed by atoms with Crippen LogP contribution in [0.15, 0.2) is 58.2 Å². The van der Waals surface area contributed by atoms with E-state index in [4.69, 9.17) is 4.74 Å². The molecule has 0 N–H and O–H groups in total. The van der Waals surface area contributed by atoms with Crippen molar-refractivity contribution < 1.29 is 9.53 Å². The molecule has 4 aliphatic carbocycles. The molecule has 5 aliphatic rings. The van der Waals surface area contributed by atoms with Crippen LogP contribution in [0, 0.1) is 28.6 Å². The molecule has 184 valence electrons. The molecule has 6 atom stereocenters. The summed E-state index contributed by atoms with van der Waals surface area (Å²) in [4.78, 5) is 13.9. The Kier molecular flexibility index (Phi) is 6.32. The van der Waals surface area contributed by atoms with Crippen molar-refractivity contribution in [3.63, 3.8) is 0 Å². The van der Waals surface area contributed by atoms with Crippen LogP contribution in [0.2, 0.25) is 0 Å². The fourth-order valence-electron chi connectivity index (χ4n) is 8.19. The lowest BCUT2D eigenvalue weighted by atomic mass is 9.58. The number of rotatable bonds is 0. The molecule has 34 heavy (non-hydrogen) atoms. The molecular formula is C32H44O2. The standard InChI is InChI=1S/C32H44O2/c1-21-10-8-12-22(2)16-17-25-28(18-23(3)13-9-11-21)34-30(33)32(25)20-31(5)19-27(32)29-24(4)14-6-7-15-26(29)31/h7,11-12,15,18,24-25,27-28H,6,8-10,13-14,16-17,19-20H2,1-5H3/b21-11+,22-12+,23-18+/t24-,25-,27-,28-,31-,32-/m0/s1. The van der Waals surface area contributed by atoms with Gasteiger partial charge in [0.1, 0.15) is 6.10 Å². The highest BCUT2D eigenvalue weighted by Gasteiger charge is 2.70. The third kappa shape index (κ3) is 3.90. The number of allylic oxidation sites excluding steroid dienone is 9. The molecule has 2 heteroatoms. The summed E-state index contributed by atoms with van der Waals surface area (Å²) in [5.74, 6) is 1.30. The summed E-state index contributed by atoms with van der Waals surface area (Å²) in [6, 6.07) is 0. The highest BCUT2D eigenvalue weighted by molar-refractivity contribution is 5.83. The average Bonchev–Trinajstić information content (AvgIpc) is 3.26. The number of carbonyl (C=O) groups is 1. The quantitative estimate of drug-likeness (QED) is 0.268. The van der Waals surface area contributed by atoms with E-state index < -0.39 is 0 Å². The summed E-state index contributed by atoms with van der Waals surface area (Å²) in [7, 11) is 0. The van der Waals surface area contributed by atoms with Gasteiger partial charge in [-0.1, -0.05) is 60.4 Å². The minimum atomic E-state index is -0.338. The molecule has 0 aromatic carbocycles. The Hall–Kier alpha value is -1.83. The van der Waals surface area contributed by atoms with Gasteiger partial charge in [0.15, 0.2) is 0 Å². The van der Waals surface area contributed by atoms with E-state index in [2.05, 4.69) is 65.0 Å². The third-order valence-electron chi connectivity index (χ3n) is 9.92. The van der Waals surface area contributed by atoms with Gasteiger partial charge in [0, 0.05) is 5.92 Å². The van der Waals surface area contributed by atoms with Gasteiger partial charge in [-0.25, -0.2) is 0 Å². The zero-order valence-electron chi connectivity index (χ0n) is 22.1. The predicted octanol–water partition coefficient (Wildman–Crippen LogP) is 8.42. The minimum Gasteiger partial charge on any atom is -0.457 e. The highest BCUT2D eigenvalue weighted by Crippen LogP contribution is 2.72. The van der Waals surface area contributed by atoms with E-state index in [9.17, 15) is 4.79 Å². The summed E-state index contributed by atoms with van der Waals surface area (Å²) >= 11 is 0. The molecule has 1 saturated carbocycles. The lowest BCUT2D eigenvalue weighted by molar-refractivity contribution is -0.149. The molecular weight excluding hydrogens is 416 g/mol. The summed E-state index contributed by atoms with van der Waals surface area (Å²) in [5.41, 5.74) is 7.28. The van der Waals surface area contributed by atoms with Gasteiger partial charge in [-0.3, -0.25) is 4.79 Å². The Bertz CT molecular complexity index is 1000. The van der Waals surface area contributed by atoms with Gasteiger partial charge < -0.3 is 4.74 Å². The summed E-state index contributed by atoms with van der Waals surface area (Å²) < 4.78 is 6.34. The van der Waals surface area contributed by atoms with Crippen LogP contribution in [0.3, 0.4) is 0 Å². The van der Waals surface area contributed by atoms with Gasteiger partial charge in [0.2, 0.25) is 0 Å². The van der Waals surface area contributed by atoms with Crippen LogP contribution in [-0.2, 0) is 9.53 Å². The second-order valence-electron chi connectivity index (χ2n) is 12.5. The van der Waals surface area contributed by atoms with Gasteiger partial charge >= 0.3 is 5.97 Å². The zero-order valence-corrected chi connectivity index (χ0v) is 22.1. The third-order valence-corrected chi connectivity index (χ3v) is 9.92. The van der Waals surface area contributed by atoms with Crippen LogP contribution in [0.4, 0.5) is 0 Å². The topological polar surface area (TPSA) is 26.3 Å². The zero-order chi connectivity index (χ0) is 24.1. The maximum atomic E-state index is 13.9. The summed E-state index contributed by atoms with van der Waals surface area (Å²) in [6.07, 6.45) is 22.9. The number of esters is 1. The molecule has 0 aromatic rings. The molecule has 1 aliphatic heterocycles. The van der Waals surface area contributed by atoms with Gasteiger partial charge in [0.05, 0.1) is 5.41 Å². The fourth-order valence-corrected chi connectivity index (χ4v) is 8.19. The first kappa shape index (κ1) is 23.9. The Morgan fingerprint density at radius 2 is 1.65 bits per heavy atom. The monoisotopic (exact) mass is 460 g/mol. The van der Waals surface area contributed by atoms with E-state index in [1.807, 2.05) is 0 Å². The number of ether oxygens (including phenoxy) is 1. The number of hydrogen-bond acceptors (Lipinski definition) is 2. The maximum absolute atomic E-state index is 13.9. The van der Waals surface area contributed by atoms with Crippen molar-refractivity contribution in [2.24, 2.45) is 28.6 Å². The molecule has 2 fully saturated rings. The number of carbonyl (C=O) groups excluding carboxylic acids is 1. The van der Waals surface area contributed by atoms with E-state index in [0.717, 1.165) is 57.8 Å². The Morgan fingerprint density at radius 3 is 2.41 bits per heavy atom. The normalized spacial score (nSPS) is 45.3. The van der Waals surface area contributed by atoms with E-state index in [1.54, 1.807) is 11.1 Å². The van der Waals surface area contributed by atoms with Gasteiger partial charge in [-0.05, 0) is 114 Å². The Balaban J connectivity index is 1.54. The first-order valence-corrected chi connectivity index (χ1v) is 13.9. The fraction of sp³-hybridized carbons (Fsp3) is 0.656. The lowest BCUT2D eigenvalue weighted by Crippen LogP contribution is -2.42. The predicted molar refractivity (Wildman–Crippen MR) is 140 cm³/mol. The van der Waals surface area contributed by atoms with Crippen molar-refractivity contribution >= 4 is 5.97 Å². The van der Waals surface area contributed by atoms with Crippen LogP contribution < -0.4 is 0 Å². The van der Waals surface area contributed by atoms with Crippen LogP contribution in [0.1, 0.15) is 98.8 Å². The van der Waals surface area contributed by atoms with Crippen molar-refractivity contribution in [1.29, 1.82) is 0 Å². The van der Waals surface area contributed by atoms with E-state index in [1.165, 1.54) is 23.1 Å². The van der Waals surface area contributed by atoms with E-state index in [-0.39, 0.29) is 28.8 Å². The van der Waals surface area contributed by atoms with Gasteiger partial charge in [-0.15, -0.1) is 0 Å². The molecule has 0 aromatic heterocycles. The SMILES string of the molecule is C/C1=C\CC/C(C)=C/[C@@H]2OC(=O)[C@@]3(C[C@]4(C)C[C@H]3C3=C4C=CCC[C@@H]3C)[C@H]2CC/C(C)=C/CC1. The summed E-state index contributed by atoms with van der Waals surface area (Å²) in [5, 5.41) is 0. The second-order valence-corrected chi connectivity index (χ2v) is 12.5. The number of fused-ring (bicyclic) bond motifs is 7. The van der Waals surface area contributed by atoms with Crippen molar-refractivity contribution in [2.75, 3.05) is 0 Å². The molecule has 2 nitrogen and oxygen atoms in total. The molecule has 0 unspecified atom stereocenters. The first-order valence-electron chi connectivity index (χ1n) is 13.9. The molecule has 5 rings (SSSR count). The second kappa shape index (κ2) is 8.99. The first-order chi connectivity index (χ1) is 16.2. The van der Waals surface area contributed by atoms with Gasteiger partial charge in [0.25, 0.3) is 0 Å². The Labute approximate surface area is 207 Å². The largest absolute Gasteiger partial charge is 0.457 e. The van der Waals surface area contributed by atoms with Crippen LogP contribution in [0.5, 0.6) is 0 Å². The van der Waals surface area contributed by atoms with Crippen LogP contribution >= 0.6 is 0 Å². The number of hydrogen-bond donors (Lipinski definition) is 0. The van der Waals surface area contributed by atoms with E-state index in [0.29, 0.717) is 11.8 Å². The van der Waals surface area contributed by atoms with E-state index >= 15 is 0 Å². The van der Waals surface area contributed by atoms with Crippen molar-refractivity contribution in [1.82, 2.24) is 0 Å².